The summed E-state index contributed by atoms with van der Waals surface area (Å²) in [4.78, 5) is 37.9. The number of aromatic amines is 1. The molecule has 0 spiro atoms. The average molecular weight is 545 g/mol. The summed E-state index contributed by atoms with van der Waals surface area (Å²) in [6, 6.07) is 11.0. The van der Waals surface area contributed by atoms with Gasteiger partial charge in [0.1, 0.15) is 11.3 Å². The topological polar surface area (TPSA) is 130 Å². The number of nitrogen functional groups attached to an aromatic ring is 1. The molecule has 0 aliphatic rings. The van der Waals surface area contributed by atoms with Crippen LogP contribution in [0.2, 0.25) is 0 Å². The minimum atomic E-state index is -0.452. The van der Waals surface area contributed by atoms with Gasteiger partial charge in [0.2, 0.25) is 0 Å². The van der Waals surface area contributed by atoms with Gasteiger partial charge in [-0.1, -0.05) is 12.1 Å². The lowest BCUT2D eigenvalue weighted by molar-refractivity contribution is 0.356. The molecule has 3 N–H and O–H groups in total. The van der Waals surface area contributed by atoms with Crippen LogP contribution >= 0.6 is 24.8 Å². The van der Waals surface area contributed by atoms with Crippen molar-refractivity contribution in [2.45, 2.75) is 13.0 Å². The van der Waals surface area contributed by atoms with Crippen LogP contribution in [-0.2, 0) is 20.0 Å². The summed E-state index contributed by atoms with van der Waals surface area (Å²) in [6.07, 6.45) is 3.86. The summed E-state index contributed by atoms with van der Waals surface area (Å²) < 4.78 is 13.4. The highest BCUT2D eigenvalue weighted by atomic mass is 35.5. The van der Waals surface area contributed by atoms with Gasteiger partial charge in [0.05, 0.1) is 20.8 Å². The quantitative estimate of drug-likeness (QED) is 0.314. The highest BCUT2D eigenvalue weighted by Gasteiger charge is 2.17. The number of rotatable bonds is 6. The first-order valence-electron chi connectivity index (χ1n) is 10.9. The van der Waals surface area contributed by atoms with E-state index in [9.17, 15) is 9.59 Å². The molecule has 0 unspecified atom stereocenters. The third kappa shape index (κ3) is 4.98. The Balaban J connectivity index is 0.00000190. The number of methoxy groups -OCH3 is 2. The molecule has 194 valence electrons. The van der Waals surface area contributed by atoms with Crippen molar-refractivity contribution in [1.29, 1.82) is 0 Å². The van der Waals surface area contributed by atoms with Crippen molar-refractivity contribution in [2.75, 3.05) is 20.0 Å². The summed E-state index contributed by atoms with van der Waals surface area (Å²) in [5.74, 6) is 1.74. The van der Waals surface area contributed by atoms with Crippen LogP contribution in [0.15, 0.2) is 58.4 Å². The molecule has 3 heterocycles. The van der Waals surface area contributed by atoms with Crippen molar-refractivity contribution in [3.05, 3.63) is 86.6 Å². The first-order chi connectivity index (χ1) is 16.9. The van der Waals surface area contributed by atoms with Gasteiger partial charge in [-0.05, 0) is 40.8 Å². The van der Waals surface area contributed by atoms with E-state index in [1.807, 2.05) is 24.3 Å². The standard InChI is InChI=1S/C25H24N6O4.2ClH/c1-30-24(32)22-23(31(25(30)33)13-14-5-4-6-17(26)7-14)29-21(28-22)9-16-12-27-11-15-8-19(34-2)20(35-3)10-18(15)16;;/h4-8,10-12H,9,13,26H2,1-3H3,(H,28,29);2*1H. The van der Waals surface area contributed by atoms with Gasteiger partial charge >= 0.3 is 5.69 Å². The van der Waals surface area contributed by atoms with Crippen molar-refractivity contribution in [2.24, 2.45) is 7.05 Å². The first kappa shape index (κ1) is 27.6. The molecule has 0 radical (unpaired) electrons. The number of anilines is 1. The molecule has 3 aromatic heterocycles. The lowest BCUT2D eigenvalue weighted by Crippen LogP contribution is -2.38. The molecule has 0 aliphatic heterocycles. The molecule has 10 nitrogen and oxygen atoms in total. The Morgan fingerprint density at radius 1 is 1.03 bits per heavy atom. The fourth-order valence-corrected chi connectivity index (χ4v) is 4.26. The third-order valence-electron chi connectivity index (χ3n) is 6.02. The van der Waals surface area contributed by atoms with Crippen LogP contribution in [0.25, 0.3) is 21.9 Å². The van der Waals surface area contributed by atoms with Gasteiger partial charge in [0.25, 0.3) is 5.56 Å². The Kier molecular flexibility index (Phi) is 8.15. The molecular weight excluding hydrogens is 519 g/mol. The van der Waals surface area contributed by atoms with Gasteiger partial charge in [0, 0.05) is 36.9 Å². The number of hydrogen-bond donors (Lipinski definition) is 2. The normalized spacial score (nSPS) is 10.7. The second-order valence-corrected chi connectivity index (χ2v) is 8.26. The SMILES string of the molecule is COc1cc2cncc(Cc3nc4c([nH]3)c(=O)n(C)c(=O)n4Cc3cccc(N)c3)c2cc1OC.Cl.Cl. The van der Waals surface area contributed by atoms with Gasteiger partial charge in [-0.3, -0.25) is 18.9 Å². The maximum Gasteiger partial charge on any atom is 0.332 e. The van der Waals surface area contributed by atoms with E-state index in [0.29, 0.717) is 35.1 Å². The zero-order chi connectivity index (χ0) is 24.7. The summed E-state index contributed by atoms with van der Waals surface area (Å²) in [5, 5.41) is 1.80. The molecule has 5 rings (SSSR count). The molecular formula is C25H26Cl2N6O4. The second kappa shape index (κ2) is 10.9. The van der Waals surface area contributed by atoms with E-state index in [1.54, 1.807) is 38.7 Å². The number of aromatic nitrogens is 5. The van der Waals surface area contributed by atoms with E-state index in [1.165, 1.54) is 11.6 Å². The van der Waals surface area contributed by atoms with Crippen molar-refractivity contribution in [1.82, 2.24) is 24.1 Å². The zero-order valence-electron chi connectivity index (χ0n) is 20.3. The molecule has 0 atom stereocenters. The number of pyridine rings is 1. The van der Waals surface area contributed by atoms with Crippen LogP contribution in [0.3, 0.4) is 0 Å². The predicted molar refractivity (Wildman–Crippen MR) is 148 cm³/mol. The number of nitrogens with one attached hydrogen (secondary N) is 1. The van der Waals surface area contributed by atoms with Gasteiger partial charge < -0.3 is 20.2 Å². The Bertz CT molecular complexity index is 1710. The average Bonchev–Trinajstić information content (AvgIpc) is 3.28. The van der Waals surface area contributed by atoms with Crippen LogP contribution in [0, 0.1) is 0 Å². The molecule has 37 heavy (non-hydrogen) atoms. The molecule has 12 heteroatoms. The van der Waals surface area contributed by atoms with Crippen molar-refractivity contribution in [3.8, 4) is 11.5 Å². The Morgan fingerprint density at radius 2 is 1.76 bits per heavy atom. The van der Waals surface area contributed by atoms with Gasteiger partial charge in [-0.2, -0.15) is 0 Å². The van der Waals surface area contributed by atoms with Gasteiger partial charge in [0.15, 0.2) is 17.1 Å². The highest BCUT2D eigenvalue weighted by Crippen LogP contribution is 2.33. The molecule has 5 aromatic rings. The lowest BCUT2D eigenvalue weighted by atomic mass is 10.0. The largest absolute Gasteiger partial charge is 0.493 e. The Hall–Kier alpha value is -4.02. The van der Waals surface area contributed by atoms with Crippen LogP contribution < -0.4 is 26.5 Å². The number of fused-ring (bicyclic) bond motifs is 2. The minimum absolute atomic E-state index is 0. The number of benzene rings is 2. The number of imidazole rings is 1. The van der Waals surface area contributed by atoms with Crippen molar-refractivity contribution >= 4 is 52.4 Å². The van der Waals surface area contributed by atoms with Crippen LogP contribution in [0.1, 0.15) is 17.0 Å². The molecule has 0 amide bonds. The highest BCUT2D eigenvalue weighted by molar-refractivity contribution is 5.88. The Morgan fingerprint density at radius 3 is 2.46 bits per heavy atom. The maximum absolute atomic E-state index is 13.0. The number of nitrogens with zero attached hydrogens (tertiary/aromatic N) is 4. The first-order valence-corrected chi connectivity index (χ1v) is 10.9. The number of hydrogen-bond acceptors (Lipinski definition) is 7. The summed E-state index contributed by atoms with van der Waals surface area (Å²) in [6.45, 7) is 0.228. The van der Waals surface area contributed by atoms with Gasteiger partial charge in [-0.15, -0.1) is 24.8 Å². The lowest BCUT2D eigenvalue weighted by Gasteiger charge is -2.11. The molecule has 0 bridgehead atoms. The number of halogens is 2. The Labute approximate surface area is 223 Å². The number of H-pyrrole nitrogens is 1. The fraction of sp³-hybridized carbons (Fsp3) is 0.200. The molecule has 0 fully saturated rings. The predicted octanol–water partition coefficient (Wildman–Crippen LogP) is 3.05. The van der Waals surface area contributed by atoms with E-state index in [2.05, 4.69) is 15.0 Å². The summed E-state index contributed by atoms with van der Waals surface area (Å²) in [5.41, 5.74) is 7.87. The van der Waals surface area contributed by atoms with E-state index in [4.69, 9.17) is 15.2 Å². The third-order valence-corrected chi connectivity index (χ3v) is 6.02. The fourth-order valence-electron chi connectivity index (χ4n) is 4.26. The van der Waals surface area contributed by atoms with E-state index in [0.717, 1.165) is 26.5 Å². The summed E-state index contributed by atoms with van der Waals surface area (Å²) >= 11 is 0. The molecule has 2 aromatic carbocycles. The molecule has 0 aliphatic carbocycles. The van der Waals surface area contributed by atoms with Crippen molar-refractivity contribution in [3.63, 3.8) is 0 Å². The van der Waals surface area contributed by atoms with E-state index in [-0.39, 0.29) is 36.9 Å². The number of ether oxygens (including phenoxy) is 2. The monoisotopic (exact) mass is 544 g/mol. The zero-order valence-corrected chi connectivity index (χ0v) is 22.0. The number of nitrogens with two attached hydrogens (primary N) is 1. The van der Waals surface area contributed by atoms with E-state index < -0.39 is 11.2 Å². The molecule has 0 saturated carbocycles. The van der Waals surface area contributed by atoms with Crippen LogP contribution in [0.4, 0.5) is 5.69 Å². The summed E-state index contributed by atoms with van der Waals surface area (Å²) in [7, 11) is 4.62. The van der Waals surface area contributed by atoms with Crippen molar-refractivity contribution < 1.29 is 9.47 Å². The smallest absolute Gasteiger partial charge is 0.332 e. The molecule has 0 saturated heterocycles. The van der Waals surface area contributed by atoms with Gasteiger partial charge in [-0.25, -0.2) is 9.78 Å². The minimum Gasteiger partial charge on any atom is -0.493 e. The maximum atomic E-state index is 13.0. The second-order valence-electron chi connectivity index (χ2n) is 8.26. The van der Waals surface area contributed by atoms with Crippen LogP contribution in [0.5, 0.6) is 11.5 Å². The van der Waals surface area contributed by atoms with Crippen LogP contribution in [-0.4, -0.2) is 38.3 Å². The van der Waals surface area contributed by atoms with E-state index >= 15 is 0 Å².